The van der Waals surface area contributed by atoms with Crippen LogP contribution < -0.4 is 24.4 Å². The van der Waals surface area contributed by atoms with E-state index in [0.29, 0.717) is 34.6 Å². The number of hydrogen-bond acceptors (Lipinski definition) is 5. The second-order valence-corrected chi connectivity index (χ2v) is 10.6. The molecule has 1 aliphatic heterocycles. The summed E-state index contributed by atoms with van der Waals surface area (Å²) in [7, 11) is 1.61. The Balaban J connectivity index is 1.56. The topological polar surface area (TPSA) is 60.0 Å². The zero-order chi connectivity index (χ0) is 25.8. The van der Waals surface area contributed by atoms with Gasteiger partial charge in [-0.3, -0.25) is 9.69 Å². The van der Waals surface area contributed by atoms with Crippen molar-refractivity contribution in [1.29, 1.82) is 0 Å². The summed E-state index contributed by atoms with van der Waals surface area (Å²) < 4.78 is 19.6. The van der Waals surface area contributed by atoms with Crippen LogP contribution in [0.25, 0.3) is 6.08 Å². The average Bonchev–Trinajstić information content (AvgIpc) is 3.12. The van der Waals surface area contributed by atoms with Crippen molar-refractivity contribution in [2.75, 3.05) is 18.6 Å². The fourth-order valence-corrected chi connectivity index (χ4v) is 6.40. The number of thiocarbonyl (C=S) groups is 1. The highest BCUT2D eigenvalue weighted by molar-refractivity contribution is 9.11. The van der Waals surface area contributed by atoms with Crippen molar-refractivity contribution in [3.8, 4) is 17.2 Å². The second kappa shape index (κ2) is 11.8. The van der Waals surface area contributed by atoms with Crippen molar-refractivity contribution in [2.24, 2.45) is 0 Å². The third-order valence-electron chi connectivity index (χ3n) is 5.23. The van der Waals surface area contributed by atoms with Crippen LogP contribution in [0.5, 0.6) is 17.2 Å². The Hall–Kier alpha value is -2.40. The summed E-state index contributed by atoms with van der Waals surface area (Å²) in [6.07, 6.45) is 1.76. The van der Waals surface area contributed by atoms with Gasteiger partial charge in [-0.2, -0.15) is 0 Å². The molecule has 6 nitrogen and oxygen atoms in total. The maximum absolute atomic E-state index is 13.2. The van der Waals surface area contributed by atoms with Crippen molar-refractivity contribution < 1.29 is 19.0 Å². The number of hydrogen-bond donors (Lipinski definition) is 1. The molecule has 1 N–H and O–H groups in total. The molecule has 1 aliphatic rings. The van der Waals surface area contributed by atoms with Gasteiger partial charge in [-0.25, -0.2) is 0 Å². The van der Waals surface area contributed by atoms with Gasteiger partial charge in [0.15, 0.2) is 5.11 Å². The largest absolute Gasteiger partial charge is 0.496 e. The number of halogens is 3. The van der Waals surface area contributed by atoms with Gasteiger partial charge in [0.1, 0.15) is 29.6 Å². The van der Waals surface area contributed by atoms with E-state index >= 15 is 0 Å². The van der Waals surface area contributed by atoms with Crippen molar-refractivity contribution in [3.63, 3.8) is 0 Å². The van der Waals surface area contributed by atoms with Crippen LogP contribution in [0.4, 0.5) is 5.69 Å². The highest BCUT2D eigenvalue weighted by atomic mass is 79.9. The second-order valence-electron chi connectivity index (χ2n) is 7.61. The number of rotatable bonds is 8. The molecule has 0 bridgehead atoms. The Morgan fingerprint density at radius 3 is 2.33 bits per heavy atom. The molecule has 0 aromatic heterocycles. The van der Waals surface area contributed by atoms with E-state index in [0.717, 1.165) is 30.3 Å². The molecule has 36 heavy (non-hydrogen) atoms. The van der Waals surface area contributed by atoms with Crippen molar-refractivity contribution >= 4 is 82.8 Å². The molecular formula is C26H21Br3N2O4S. The van der Waals surface area contributed by atoms with Crippen LogP contribution >= 0.6 is 60.0 Å². The Kier molecular flexibility index (Phi) is 8.71. The summed E-state index contributed by atoms with van der Waals surface area (Å²) in [6.45, 7) is 2.75. The lowest BCUT2D eigenvalue weighted by Crippen LogP contribution is -2.30. The first-order valence-corrected chi connectivity index (χ1v) is 13.6. The molecule has 186 valence electrons. The highest BCUT2D eigenvalue weighted by Gasteiger charge is 2.32. The maximum Gasteiger partial charge on any atom is 0.281 e. The van der Waals surface area contributed by atoms with E-state index in [9.17, 15) is 4.79 Å². The summed E-state index contributed by atoms with van der Waals surface area (Å²) in [5.74, 6) is 1.85. The first kappa shape index (κ1) is 26.7. The van der Waals surface area contributed by atoms with Crippen LogP contribution in [0.15, 0.2) is 73.7 Å². The molecule has 0 radical (unpaired) electrons. The highest BCUT2D eigenvalue weighted by Crippen LogP contribution is 2.37. The lowest BCUT2D eigenvalue weighted by atomic mass is 10.1. The van der Waals surface area contributed by atoms with Gasteiger partial charge in [0.2, 0.25) is 0 Å². The van der Waals surface area contributed by atoms with E-state index in [2.05, 4.69) is 53.1 Å². The predicted octanol–water partition coefficient (Wildman–Crippen LogP) is 7.22. The SMILES string of the molecule is CCOc1ccc(N2C(=O)/C(=C\c3ccc(OC)c(COc4c(Br)cc(Br)cc4Br)c3)NC2=S)cc1. The van der Waals surface area contributed by atoms with Gasteiger partial charge >= 0.3 is 0 Å². The smallest absolute Gasteiger partial charge is 0.281 e. The summed E-state index contributed by atoms with van der Waals surface area (Å²) in [5.41, 5.74) is 2.67. The zero-order valence-electron chi connectivity index (χ0n) is 19.3. The first-order chi connectivity index (χ1) is 17.3. The Labute approximate surface area is 240 Å². The molecule has 1 fully saturated rings. The third-order valence-corrected chi connectivity index (χ3v) is 7.16. The molecule has 0 atom stereocenters. The van der Waals surface area contributed by atoms with Crippen LogP contribution in [-0.2, 0) is 11.4 Å². The minimum Gasteiger partial charge on any atom is -0.496 e. The number of amides is 1. The molecule has 0 spiro atoms. The minimum absolute atomic E-state index is 0.236. The normalized spacial score (nSPS) is 14.2. The molecule has 1 saturated heterocycles. The fourth-order valence-electron chi connectivity index (χ4n) is 3.61. The quantitative estimate of drug-likeness (QED) is 0.198. The summed E-state index contributed by atoms with van der Waals surface area (Å²) in [5, 5.41) is 3.34. The van der Waals surface area contributed by atoms with E-state index in [-0.39, 0.29) is 12.5 Å². The summed E-state index contributed by atoms with van der Waals surface area (Å²) >= 11 is 16.0. The number of carbonyl (C=O) groups is 1. The molecule has 3 aromatic rings. The monoisotopic (exact) mass is 694 g/mol. The minimum atomic E-state index is -0.236. The van der Waals surface area contributed by atoms with Crippen molar-refractivity contribution in [1.82, 2.24) is 5.32 Å². The van der Waals surface area contributed by atoms with Gasteiger partial charge in [-0.15, -0.1) is 0 Å². The predicted molar refractivity (Wildman–Crippen MR) is 156 cm³/mol. The van der Waals surface area contributed by atoms with Crippen LogP contribution in [-0.4, -0.2) is 24.7 Å². The Morgan fingerprint density at radius 1 is 1.00 bits per heavy atom. The van der Waals surface area contributed by atoms with Gasteiger partial charge < -0.3 is 19.5 Å². The standard InChI is InChI=1S/C26H21Br3N2O4S/c1-3-34-19-7-5-18(6-8-19)31-25(32)22(30-26(31)36)11-15-4-9-23(33-2)16(10-15)14-35-24-20(28)12-17(27)13-21(24)29/h4-13H,3,14H2,1-2H3,(H,30,36)/b22-11+. The van der Waals surface area contributed by atoms with Gasteiger partial charge in [-0.05, 0) is 111 Å². The molecule has 1 heterocycles. The molecule has 4 rings (SSSR count). The molecule has 0 saturated carbocycles. The van der Waals surface area contributed by atoms with Crippen molar-refractivity contribution in [2.45, 2.75) is 13.5 Å². The van der Waals surface area contributed by atoms with E-state index in [1.165, 1.54) is 4.90 Å². The average molecular weight is 697 g/mol. The maximum atomic E-state index is 13.2. The van der Waals surface area contributed by atoms with Gasteiger partial charge in [0.25, 0.3) is 5.91 Å². The number of nitrogens with zero attached hydrogens (tertiary/aromatic N) is 1. The van der Waals surface area contributed by atoms with Crippen LogP contribution in [0.1, 0.15) is 18.1 Å². The lowest BCUT2D eigenvalue weighted by molar-refractivity contribution is -0.113. The molecule has 0 unspecified atom stereocenters. The third kappa shape index (κ3) is 5.94. The number of methoxy groups -OCH3 is 1. The summed E-state index contributed by atoms with van der Waals surface area (Å²) in [6, 6.07) is 16.7. The van der Waals surface area contributed by atoms with Crippen LogP contribution in [0.2, 0.25) is 0 Å². The first-order valence-electron chi connectivity index (χ1n) is 10.8. The molecule has 0 aliphatic carbocycles. The number of nitrogens with one attached hydrogen (secondary N) is 1. The van der Waals surface area contributed by atoms with E-state index in [1.54, 1.807) is 25.3 Å². The van der Waals surface area contributed by atoms with Crippen molar-refractivity contribution in [3.05, 3.63) is 84.8 Å². The number of carbonyl (C=O) groups excluding carboxylic acids is 1. The van der Waals surface area contributed by atoms with Crippen LogP contribution in [0, 0.1) is 0 Å². The molecule has 10 heteroatoms. The van der Waals surface area contributed by atoms with E-state index in [1.807, 2.05) is 49.4 Å². The fraction of sp³-hybridized carbons (Fsp3) is 0.154. The zero-order valence-corrected chi connectivity index (χ0v) is 24.9. The van der Waals surface area contributed by atoms with E-state index < -0.39 is 0 Å². The summed E-state index contributed by atoms with van der Waals surface area (Å²) in [4.78, 5) is 14.6. The van der Waals surface area contributed by atoms with Crippen LogP contribution in [0.3, 0.4) is 0 Å². The van der Waals surface area contributed by atoms with Gasteiger partial charge in [0, 0.05) is 10.0 Å². The lowest BCUT2D eigenvalue weighted by Gasteiger charge is -2.14. The number of ether oxygens (including phenoxy) is 3. The van der Waals surface area contributed by atoms with Gasteiger partial charge in [-0.1, -0.05) is 22.0 Å². The van der Waals surface area contributed by atoms with E-state index in [4.69, 9.17) is 26.4 Å². The number of benzene rings is 3. The Morgan fingerprint density at radius 2 is 1.69 bits per heavy atom. The number of anilines is 1. The Bertz CT molecular complexity index is 1320. The molecular weight excluding hydrogens is 676 g/mol. The molecule has 1 amide bonds. The molecule has 3 aromatic carbocycles. The van der Waals surface area contributed by atoms with Gasteiger partial charge in [0.05, 0.1) is 28.3 Å².